The summed E-state index contributed by atoms with van der Waals surface area (Å²) in [6.45, 7) is 9.74. The molecule has 0 radical (unpaired) electrons. The van der Waals surface area contributed by atoms with Crippen LogP contribution >= 0.6 is 0 Å². The summed E-state index contributed by atoms with van der Waals surface area (Å²) < 4.78 is 0. The first-order chi connectivity index (χ1) is 8.78. The lowest BCUT2D eigenvalue weighted by atomic mass is 9.75. The van der Waals surface area contributed by atoms with E-state index in [1.807, 2.05) is 0 Å². The molecule has 0 aliphatic carbocycles. The molecular formula is C15H29N3. The van der Waals surface area contributed by atoms with Gasteiger partial charge in [0.25, 0.3) is 0 Å². The molecule has 0 aromatic heterocycles. The molecule has 0 spiro atoms. The summed E-state index contributed by atoms with van der Waals surface area (Å²) in [5.41, 5.74) is 6.63. The van der Waals surface area contributed by atoms with Crippen LogP contribution in [-0.2, 0) is 0 Å². The minimum Gasteiger partial charge on any atom is -0.329 e. The fourth-order valence-corrected chi connectivity index (χ4v) is 4.65. The van der Waals surface area contributed by atoms with Crippen LogP contribution in [0.3, 0.4) is 0 Å². The second kappa shape index (κ2) is 5.10. The maximum atomic E-state index is 6.28. The van der Waals surface area contributed by atoms with Crippen molar-refractivity contribution in [1.82, 2.24) is 9.80 Å². The highest BCUT2D eigenvalue weighted by molar-refractivity contribution is 5.06. The van der Waals surface area contributed by atoms with Crippen LogP contribution in [-0.4, -0.2) is 54.6 Å². The predicted octanol–water partition coefficient (Wildman–Crippen LogP) is 1.53. The number of likely N-dealkylation sites (tertiary alicyclic amines) is 1. The molecule has 18 heavy (non-hydrogen) atoms. The van der Waals surface area contributed by atoms with Crippen LogP contribution in [0.2, 0.25) is 0 Å². The first-order valence-corrected chi connectivity index (χ1v) is 7.96. The molecule has 0 aromatic carbocycles. The Kier molecular flexibility index (Phi) is 3.65. The van der Waals surface area contributed by atoms with E-state index in [0.29, 0.717) is 5.54 Å². The molecule has 3 heteroatoms. The van der Waals surface area contributed by atoms with E-state index in [4.69, 9.17) is 5.73 Å². The maximum Gasteiger partial charge on any atom is 0.0384 e. The van der Waals surface area contributed by atoms with E-state index < -0.39 is 0 Å². The lowest BCUT2D eigenvalue weighted by Gasteiger charge is -2.52. The summed E-state index contributed by atoms with van der Waals surface area (Å²) in [5, 5.41) is 0. The van der Waals surface area contributed by atoms with Crippen molar-refractivity contribution in [3.05, 3.63) is 0 Å². The number of piperidine rings is 2. The maximum absolute atomic E-state index is 6.28. The van der Waals surface area contributed by atoms with Crippen LogP contribution in [0.25, 0.3) is 0 Å². The molecule has 3 aliphatic heterocycles. The molecule has 3 fully saturated rings. The summed E-state index contributed by atoms with van der Waals surface area (Å²) in [4.78, 5) is 5.44. The third-order valence-electron chi connectivity index (χ3n) is 5.97. The van der Waals surface area contributed by atoms with Crippen molar-refractivity contribution in [1.29, 1.82) is 0 Å². The Morgan fingerprint density at radius 2 is 2.06 bits per heavy atom. The van der Waals surface area contributed by atoms with E-state index in [1.165, 1.54) is 64.8 Å². The third-order valence-corrected chi connectivity index (χ3v) is 5.97. The van der Waals surface area contributed by atoms with Crippen molar-refractivity contribution in [2.75, 3.05) is 39.3 Å². The fraction of sp³-hybridized carbons (Fsp3) is 1.00. The van der Waals surface area contributed by atoms with Gasteiger partial charge in [-0.25, -0.2) is 0 Å². The van der Waals surface area contributed by atoms with Gasteiger partial charge in [-0.3, -0.25) is 4.90 Å². The average molecular weight is 251 g/mol. The van der Waals surface area contributed by atoms with Gasteiger partial charge in [-0.2, -0.15) is 0 Å². The van der Waals surface area contributed by atoms with Crippen LogP contribution in [0, 0.1) is 11.8 Å². The van der Waals surface area contributed by atoms with E-state index in [9.17, 15) is 0 Å². The topological polar surface area (TPSA) is 32.5 Å². The zero-order chi connectivity index (χ0) is 12.6. The monoisotopic (exact) mass is 251 g/mol. The number of hydrogen-bond acceptors (Lipinski definition) is 3. The van der Waals surface area contributed by atoms with Gasteiger partial charge < -0.3 is 10.6 Å². The summed E-state index contributed by atoms with van der Waals surface area (Å²) in [6, 6.07) is 0. The van der Waals surface area contributed by atoms with Crippen molar-refractivity contribution in [3.8, 4) is 0 Å². The lowest BCUT2D eigenvalue weighted by Crippen LogP contribution is -2.64. The summed E-state index contributed by atoms with van der Waals surface area (Å²) >= 11 is 0. The van der Waals surface area contributed by atoms with Gasteiger partial charge in [-0.15, -0.1) is 0 Å². The quantitative estimate of drug-likeness (QED) is 0.826. The van der Waals surface area contributed by atoms with Crippen LogP contribution in [0.5, 0.6) is 0 Å². The number of hydrogen-bond donors (Lipinski definition) is 1. The Morgan fingerprint density at radius 3 is 2.83 bits per heavy atom. The second-order valence-corrected chi connectivity index (χ2v) is 6.71. The molecule has 2 N–H and O–H groups in total. The largest absolute Gasteiger partial charge is 0.329 e. The van der Waals surface area contributed by atoms with Gasteiger partial charge in [0, 0.05) is 25.2 Å². The molecule has 3 heterocycles. The average Bonchev–Trinajstić information content (AvgIpc) is 2.84. The molecule has 2 bridgehead atoms. The molecule has 4 unspecified atom stereocenters. The lowest BCUT2D eigenvalue weighted by molar-refractivity contribution is -0.0191. The SMILES string of the molecule is CCC1CCCN(C2(CN)CCN3CCC2C3)C1. The Hall–Kier alpha value is -0.120. The van der Waals surface area contributed by atoms with Gasteiger partial charge in [0.1, 0.15) is 0 Å². The first-order valence-electron chi connectivity index (χ1n) is 7.96. The Morgan fingerprint density at radius 1 is 1.17 bits per heavy atom. The van der Waals surface area contributed by atoms with E-state index in [0.717, 1.165) is 18.4 Å². The standard InChI is InChI=1S/C15H29N3/c1-2-13-4-3-7-18(10-13)15(12-16)6-9-17-8-5-14(15)11-17/h13-14H,2-12,16H2,1H3. The van der Waals surface area contributed by atoms with Gasteiger partial charge in [0.15, 0.2) is 0 Å². The minimum atomic E-state index is 0.348. The van der Waals surface area contributed by atoms with Gasteiger partial charge in [-0.05, 0) is 57.2 Å². The third kappa shape index (κ3) is 2.00. The highest BCUT2D eigenvalue weighted by atomic mass is 15.3. The van der Waals surface area contributed by atoms with Gasteiger partial charge >= 0.3 is 0 Å². The normalized spacial score (nSPS) is 45.3. The Bertz CT molecular complexity index is 293. The van der Waals surface area contributed by atoms with Crippen molar-refractivity contribution in [2.24, 2.45) is 17.6 Å². The molecule has 3 saturated heterocycles. The second-order valence-electron chi connectivity index (χ2n) is 6.71. The van der Waals surface area contributed by atoms with Crippen molar-refractivity contribution in [2.45, 2.75) is 44.6 Å². The van der Waals surface area contributed by atoms with E-state index in [1.54, 1.807) is 0 Å². The molecule has 3 rings (SSSR count). The highest BCUT2D eigenvalue weighted by Crippen LogP contribution is 2.41. The van der Waals surface area contributed by atoms with Gasteiger partial charge in [0.05, 0.1) is 0 Å². The molecule has 0 saturated carbocycles. The van der Waals surface area contributed by atoms with Gasteiger partial charge in [-0.1, -0.05) is 13.3 Å². The van der Waals surface area contributed by atoms with E-state index in [2.05, 4.69) is 16.7 Å². The zero-order valence-electron chi connectivity index (χ0n) is 11.9. The first kappa shape index (κ1) is 12.9. The summed E-state index contributed by atoms with van der Waals surface area (Å²) in [5.74, 6) is 1.76. The number of nitrogens with zero attached hydrogens (tertiary/aromatic N) is 2. The molecule has 3 nitrogen and oxygen atoms in total. The smallest absolute Gasteiger partial charge is 0.0384 e. The Balaban J connectivity index is 1.77. The predicted molar refractivity (Wildman–Crippen MR) is 75.5 cm³/mol. The molecule has 104 valence electrons. The molecule has 4 atom stereocenters. The molecule has 0 aromatic rings. The number of rotatable bonds is 3. The molecule has 3 aliphatic rings. The molecule has 0 amide bonds. The fourth-order valence-electron chi connectivity index (χ4n) is 4.65. The summed E-state index contributed by atoms with van der Waals surface area (Å²) in [7, 11) is 0. The Labute approximate surface area is 112 Å². The van der Waals surface area contributed by atoms with Crippen molar-refractivity contribution < 1.29 is 0 Å². The molecular weight excluding hydrogens is 222 g/mol. The number of fused-ring (bicyclic) bond motifs is 2. The van der Waals surface area contributed by atoms with Crippen LogP contribution in [0.15, 0.2) is 0 Å². The van der Waals surface area contributed by atoms with E-state index >= 15 is 0 Å². The van der Waals surface area contributed by atoms with Crippen LogP contribution in [0.1, 0.15) is 39.0 Å². The van der Waals surface area contributed by atoms with Crippen LogP contribution < -0.4 is 5.73 Å². The highest BCUT2D eigenvalue weighted by Gasteiger charge is 2.49. The summed E-state index contributed by atoms with van der Waals surface area (Å²) in [6.07, 6.45) is 6.85. The van der Waals surface area contributed by atoms with Crippen LogP contribution in [0.4, 0.5) is 0 Å². The van der Waals surface area contributed by atoms with E-state index in [-0.39, 0.29) is 0 Å². The van der Waals surface area contributed by atoms with Crippen molar-refractivity contribution in [3.63, 3.8) is 0 Å². The van der Waals surface area contributed by atoms with Crippen molar-refractivity contribution >= 4 is 0 Å². The van der Waals surface area contributed by atoms with Gasteiger partial charge in [0.2, 0.25) is 0 Å². The zero-order valence-corrected chi connectivity index (χ0v) is 11.9. The minimum absolute atomic E-state index is 0.348. The number of nitrogens with two attached hydrogens (primary N) is 1.